The number of hydrogen-bond donors (Lipinski definition) is 0. The Morgan fingerprint density at radius 2 is 2.00 bits per heavy atom. The number of nitrogens with zero attached hydrogens (tertiary/aromatic N) is 1. The molecule has 2 aromatic rings. The molecule has 0 spiro atoms. The van der Waals surface area contributed by atoms with Gasteiger partial charge in [0.15, 0.2) is 0 Å². The molecule has 0 saturated heterocycles. The van der Waals surface area contributed by atoms with Gasteiger partial charge in [0.2, 0.25) is 0 Å². The molecule has 0 unspecified atom stereocenters. The zero-order valence-electron chi connectivity index (χ0n) is 7.97. The Labute approximate surface area is 81.2 Å². The number of aryl methyl sites for hydroxylation is 1. The average molecular weight is 197 g/mol. The van der Waals surface area contributed by atoms with Crippen molar-refractivity contribution in [2.75, 3.05) is 0 Å². The van der Waals surface area contributed by atoms with E-state index in [-0.39, 0.29) is 5.82 Å². The minimum atomic E-state index is -0.230. The van der Waals surface area contributed by atoms with Crippen molar-refractivity contribution in [3.05, 3.63) is 29.0 Å². The zero-order valence-corrected chi connectivity index (χ0v) is 8.78. The van der Waals surface area contributed by atoms with Crippen molar-refractivity contribution in [2.45, 2.75) is 20.8 Å². The number of thiazole rings is 1. The lowest BCUT2D eigenvalue weighted by Gasteiger charge is -1.86. The van der Waals surface area contributed by atoms with Crippen LogP contribution in [0, 0.1) is 12.7 Å². The molecule has 0 atom stereocenters. The molecule has 1 aromatic carbocycles. The van der Waals surface area contributed by atoms with Crippen LogP contribution >= 0.6 is 11.3 Å². The monoisotopic (exact) mass is 197 g/mol. The maximum absolute atomic E-state index is 12.9. The fraction of sp³-hybridized carbons (Fsp3) is 0.300. The van der Waals surface area contributed by atoms with Crippen LogP contribution in [0.15, 0.2) is 18.2 Å². The Balaban J connectivity index is 0.000000396. The largest absolute Gasteiger partial charge is 0.238 e. The minimum Gasteiger partial charge on any atom is -0.238 e. The molecule has 1 nitrogen and oxygen atoms in total. The number of rotatable bonds is 0. The third-order valence-corrected chi connectivity index (χ3v) is 2.41. The molecule has 0 aliphatic carbocycles. The van der Waals surface area contributed by atoms with Crippen molar-refractivity contribution in [2.24, 2.45) is 0 Å². The summed E-state index contributed by atoms with van der Waals surface area (Å²) in [5, 5.41) is 0.908. The van der Waals surface area contributed by atoms with Crippen molar-refractivity contribution in [1.29, 1.82) is 0 Å². The van der Waals surface area contributed by atoms with E-state index in [4.69, 9.17) is 0 Å². The van der Waals surface area contributed by atoms with Crippen molar-refractivity contribution in [3.8, 4) is 0 Å². The quantitative estimate of drug-likeness (QED) is 0.626. The molecule has 0 saturated carbocycles. The molecule has 0 aliphatic rings. The van der Waals surface area contributed by atoms with Gasteiger partial charge in [-0.25, -0.2) is 9.37 Å². The van der Waals surface area contributed by atoms with Crippen LogP contribution in [0.5, 0.6) is 0 Å². The van der Waals surface area contributed by atoms with Crippen molar-refractivity contribution >= 4 is 21.6 Å². The van der Waals surface area contributed by atoms with Gasteiger partial charge in [-0.15, -0.1) is 11.3 Å². The summed E-state index contributed by atoms with van der Waals surface area (Å²) in [4.78, 5) is 4.06. The summed E-state index contributed by atoms with van der Waals surface area (Å²) < 4.78 is 13.9. The van der Waals surface area contributed by atoms with Gasteiger partial charge >= 0.3 is 0 Å². The second-order valence-electron chi connectivity index (χ2n) is 2.32. The minimum absolute atomic E-state index is 0.230. The van der Waals surface area contributed by atoms with Gasteiger partial charge in [-0.2, -0.15) is 0 Å². The highest BCUT2D eigenvalue weighted by Crippen LogP contribution is 2.22. The van der Waals surface area contributed by atoms with Crippen LogP contribution in [0.2, 0.25) is 0 Å². The Hall–Kier alpha value is -0.960. The van der Waals surface area contributed by atoms with Gasteiger partial charge < -0.3 is 0 Å². The fourth-order valence-corrected chi connectivity index (χ4v) is 1.87. The zero-order chi connectivity index (χ0) is 9.84. The number of halogens is 1. The van der Waals surface area contributed by atoms with Gasteiger partial charge in [-0.1, -0.05) is 19.9 Å². The Bertz CT molecular complexity index is 395. The summed E-state index contributed by atoms with van der Waals surface area (Å²) in [6.45, 7) is 5.88. The predicted octanol–water partition coefficient (Wildman–Crippen LogP) is 3.77. The van der Waals surface area contributed by atoms with Crippen LogP contribution in [0.4, 0.5) is 4.39 Å². The first-order valence-electron chi connectivity index (χ1n) is 4.29. The van der Waals surface area contributed by atoms with Crippen LogP contribution in [0.3, 0.4) is 0 Å². The second kappa shape index (κ2) is 4.33. The molecule has 3 heteroatoms. The smallest absolute Gasteiger partial charge is 0.150 e. The van der Waals surface area contributed by atoms with E-state index in [1.807, 2.05) is 26.8 Å². The number of aromatic nitrogens is 1. The molecule has 0 N–H and O–H groups in total. The van der Waals surface area contributed by atoms with Crippen molar-refractivity contribution in [3.63, 3.8) is 0 Å². The van der Waals surface area contributed by atoms with Gasteiger partial charge in [0.05, 0.1) is 9.71 Å². The standard InChI is InChI=1S/C8H6FNS.C2H6/c1-5-10-8-6(9)3-2-4-7(8)11-5;1-2/h2-4H,1H3;1-2H3. The topological polar surface area (TPSA) is 12.9 Å². The van der Waals surface area contributed by atoms with Crippen LogP contribution in [0.1, 0.15) is 18.9 Å². The lowest BCUT2D eigenvalue weighted by Crippen LogP contribution is -1.75. The molecule has 0 radical (unpaired) electrons. The molecule has 0 bridgehead atoms. The summed E-state index contributed by atoms with van der Waals surface area (Å²) in [5.74, 6) is -0.230. The molecular formula is C10H12FNS. The van der Waals surface area contributed by atoms with E-state index < -0.39 is 0 Å². The SMILES string of the molecule is CC.Cc1nc2c(F)cccc2s1. The highest BCUT2D eigenvalue weighted by atomic mass is 32.1. The normalized spacial score (nSPS) is 9.54. The van der Waals surface area contributed by atoms with Crippen LogP contribution in [-0.2, 0) is 0 Å². The maximum Gasteiger partial charge on any atom is 0.150 e. The first kappa shape index (κ1) is 10.1. The third-order valence-electron chi connectivity index (χ3n) is 1.48. The van der Waals surface area contributed by atoms with Gasteiger partial charge in [0.25, 0.3) is 0 Å². The molecule has 1 aromatic heterocycles. The lowest BCUT2D eigenvalue weighted by atomic mass is 10.3. The summed E-state index contributed by atoms with van der Waals surface area (Å²) in [5.41, 5.74) is 0.495. The molecular weight excluding hydrogens is 185 g/mol. The number of fused-ring (bicyclic) bond motifs is 1. The van der Waals surface area contributed by atoms with Gasteiger partial charge in [-0.3, -0.25) is 0 Å². The van der Waals surface area contributed by atoms with E-state index in [1.54, 1.807) is 6.07 Å². The van der Waals surface area contributed by atoms with E-state index >= 15 is 0 Å². The number of hydrogen-bond acceptors (Lipinski definition) is 2. The van der Waals surface area contributed by atoms with E-state index in [0.29, 0.717) is 5.52 Å². The summed E-state index contributed by atoms with van der Waals surface area (Å²) in [6, 6.07) is 5.01. The highest BCUT2D eigenvalue weighted by Gasteiger charge is 2.03. The maximum atomic E-state index is 12.9. The summed E-state index contributed by atoms with van der Waals surface area (Å²) in [7, 11) is 0. The molecule has 70 valence electrons. The fourth-order valence-electron chi connectivity index (χ4n) is 1.03. The van der Waals surface area contributed by atoms with Gasteiger partial charge in [0.1, 0.15) is 11.3 Å². The van der Waals surface area contributed by atoms with Crippen molar-refractivity contribution < 1.29 is 4.39 Å². The molecule has 2 rings (SSSR count). The van der Waals surface area contributed by atoms with Crippen LogP contribution in [0.25, 0.3) is 10.2 Å². The molecule has 0 amide bonds. The first-order valence-corrected chi connectivity index (χ1v) is 5.10. The van der Waals surface area contributed by atoms with E-state index in [9.17, 15) is 4.39 Å². The number of benzene rings is 1. The Morgan fingerprint density at radius 3 is 2.62 bits per heavy atom. The molecule has 1 heterocycles. The van der Waals surface area contributed by atoms with E-state index in [1.165, 1.54) is 17.4 Å². The predicted molar refractivity (Wildman–Crippen MR) is 55.7 cm³/mol. The van der Waals surface area contributed by atoms with Gasteiger partial charge in [-0.05, 0) is 19.1 Å². The Kier molecular flexibility index (Phi) is 3.37. The Morgan fingerprint density at radius 1 is 1.31 bits per heavy atom. The molecule has 0 aliphatic heterocycles. The number of para-hydroxylation sites is 1. The third kappa shape index (κ3) is 2.04. The second-order valence-corrected chi connectivity index (χ2v) is 3.55. The van der Waals surface area contributed by atoms with E-state index in [0.717, 1.165) is 9.71 Å². The summed E-state index contributed by atoms with van der Waals surface area (Å²) in [6.07, 6.45) is 0. The van der Waals surface area contributed by atoms with Gasteiger partial charge in [0, 0.05) is 0 Å². The van der Waals surface area contributed by atoms with Crippen molar-refractivity contribution in [1.82, 2.24) is 4.98 Å². The summed E-state index contributed by atoms with van der Waals surface area (Å²) >= 11 is 1.52. The first-order chi connectivity index (χ1) is 6.27. The average Bonchev–Trinajstić information content (AvgIpc) is 2.51. The van der Waals surface area contributed by atoms with Crippen LogP contribution in [-0.4, -0.2) is 4.98 Å². The lowest BCUT2D eigenvalue weighted by molar-refractivity contribution is 0.637. The molecule has 0 fully saturated rings. The molecule has 13 heavy (non-hydrogen) atoms. The van der Waals surface area contributed by atoms with E-state index in [2.05, 4.69) is 4.98 Å². The van der Waals surface area contributed by atoms with Crippen LogP contribution < -0.4 is 0 Å². The highest BCUT2D eigenvalue weighted by molar-refractivity contribution is 7.18.